The second kappa shape index (κ2) is 6.22. The maximum absolute atomic E-state index is 11.9. The van der Waals surface area contributed by atoms with E-state index < -0.39 is 5.91 Å². The molecule has 0 aromatic heterocycles. The molecule has 0 spiro atoms. The molecule has 1 aliphatic rings. The maximum Gasteiger partial charge on any atom is 0.271 e. The molecular formula is C15H11IN2O4. The zero-order valence-corrected chi connectivity index (χ0v) is 13.4. The summed E-state index contributed by atoms with van der Waals surface area (Å²) < 4.78 is 11.2. The minimum Gasteiger partial charge on any atom is -0.507 e. The zero-order chi connectivity index (χ0) is 15.5. The van der Waals surface area contributed by atoms with E-state index in [1.165, 1.54) is 12.3 Å². The SMILES string of the molecule is O=C(NN=Cc1ccc2c(c1)OCO2)c1ccc(I)c(O)c1. The highest BCUT2D eigenvalue weighted by Crippen LogP contribution is 2.31. The molecule has 2 aromatic carbocycles. The summed E-state index contributed by atoms with van der Waals surface area (Å²) in [6, 6.07) is 10.0. The van der Waals surface area contributed by atoms with Crippen molar-refractivity contribution in [2.75, 3.05) is 6.79 Å². The third kappa shape index (κ3) is 3.14. The van der Waals surface area contributed by atoms with Crippen LogP contribution in [0.5, 0.6) is 17.2 Å². The lowest BCUT2D eigenvalue weighted by Crippen LogP contribution is -2.17. The van der Waals surface area contributed by atoms with Gasteiger partial charge in [-0.1, -0.05) is 0 Å². The largest absolute Gasteiger partial charge is 0.507 e. The van der Waals surface area contributed by atoms with Gasteiger partial charge in [0.05, 0.1) is 9.78 Å². The van der Waals surface area contributed by atoms with Crippen LogP contribution in [-0.4, -0.2) is 24.0 Å². The number of ether oxygens (including phenoxy) is 2. The van der Waals surface area contributed by atoms with Gasteiger partial charge in [0.15, 0.2) is 11.5 Å². The minimum absolute atomic E-state index is 0.0630. The molecule has 22 heavy (non-hydrogen) atoms. The van der Waals surface area contributed by atoms with E-state index in [2.05, 4.69) is 10.5 Å². The van der Waals surface area contributed by atoms with Crippen LogP contribution in [0, 0.1) is 3.57 Å². The van der Waals surface area contributed by atoms with Crippen molar-refractivity contribution < 1.29 is 19.4 Å². The number of halogens is 1. The van der Waals surface area contributed by atoms with Crippen molar-refractivity contribution in [1.29, 1.82) is 0 Å². The number of phenolic OH excluding ortho intramolecular Hbond substituents is 1. The number of nitrogens with one attached hydrogen (secondary N) is 1. The number of hydrazone groups is 1. The van der Waals surface area contributed by atoms with E-state index >= 15 is 0 Å². The van der Waals surface area contributed by atoms with E-state index in [1.54, 1.807) is 30.3 Å². The summed E-state index contributed by atoms with van der Waals surface area (Å²) in [6.07, 6.45) is 1.51. The molecule has 6 nitrogen and oxygen atoms in total. The van der Waals surface area contributed by atoms with Crippen LogP contribution in [0.2, 0.25) is 0 Å². The lowest BCUT2D eigenvalue weighted by Gasteiger charge is -2.02. The number of benzene rings is 2. The molecule has 1 aliphatic heterocycles. The number of hydrogen-bond acceptors (Lipinski definition) is 5. The number of fused-ring (bicyclic) bond motifs is 1. The van der Waals surface area contributed by atoms with Gasteiger partial charge < -0.3 is 14.6 Å². The van der Waals surface area contributed by atoms with Crippen LogP contribution in [-0.2, 0) is 0 Å². The van der Waals surface area contributed by atoms with E-state index in [9.17, 15) is 9.90 Å². The Balaban J connectivity index is 1.66. The van der Waals surface area contributed by atoms with Crippen molar-refractivity contribution in [3.63, 3.8) is 0 Å². The summed E-state index contributed by atoms with van der Waals surface area (Å²) in [7, 11) is 0. The van der Waals surface area contributed by atoms with Crippen LogP contribution >= 0.6 is 22.6 Å². The summed E-state index contributed by atoms with van der Waals surface area (Å²) in [4.78, 5) is 11.9. The van der Waals surface area contributed by atoms with Gasteiger partial charge in [-0.05, 0) is 64.6 Å². The number of hydrogen-bond donors (Lipinski definition) is 2. The van der Waals surface area contributed by atoms with Gasteiger partial charge in [0.1, 0.15) is 5.75 Å². The van der Waals surface area contributed by atoms with Gasteiger partial charge in [0.2, 0.25) is 6.79 Å². The van der Waals surface area contributed by atoms with Gasteiger partial charge in [-0.2, -0.15) is 5.10 Å². The third-order valence-electron chi connectivity index (χ3n) is 2.98. The molecule has 0 saturated heterocycles. The molecule has 3 rings (SSSR count). The highest BCUT2D eigenvalue weighted by atomic mass is 127. The number of phenols is 1. The lowest BCUT2D eigenvalue weighted by molar-refractivity contribution is 0.0954. The van der Waals surface area contributed by atoms with Crippen LogP contribution in [0.3, 0.4) is 0 Å². The van der Waals surface area contributed by atoms with Gasteiger partial charge in [-0.3, -0.25) is 4.79 Å². The predicted octanol–water partition coefficient (Wildman–Crippen LogP) is 2.49. The molecule has 1 heterocycles. The molecule has 2 aromatic rings. The van der Waals surface area contributed by atoms with Gasteiger partial charge >= 0.3 is 0 Å². The lowest BCUT2D eigenvalue weighted by atomic mass is 10.2. The smallest absolute Gasteiger partial charge is 0.271 e. The Morgan fingerprint density at radius 1 is 1.23 bits per heavy atom. The predicted molar refractivity (Wildman–Crippen MR) is 88.4 cm³/mol. The molecule has 112 valence electrons. The molecule has 0 fully saturated rings. The van der Waals surface area contributed by atoms with Crippen LogP contribution in [0.4, 0.5) is 0 Å². The van der Waals surface area contributed by atoms with Gasteiger partial charge in [0, 0.05) is 5.56 Å². The molecule has 0 bridgehead atoms. The van der Waals surface area contributed by atoms with Gasteiger partial charge in [-0.15, -0.1) is 0 Å². The molecule has 0 aliphatic carbocycles. The number of carbonyl (C=O) groups excluding carboxylic acids is 1. The summed E-state index contributed by atoms with van der Waals surface area (Å²) in [5.41, 5.74) is 3.51. The van der Waals surface area contributed by atoms with E-state index in [0.29, 0.717) is 20.6 Å². The van der Waals surface area contributed by atoms with Crippen molar-refractivity contribution >= 4 is 34.7 Å². The number of rotatable bonds is 3. The molecule has 7 heteroatoms. The van der Waals surface area contributed by atoms with Gasteiger partial charge in [-0.25, -0.2) is 5.43 Å². The van der Waals surface area contributed by atoms with E-state index in [0.717, 1.165) is 5.56 Å². The molecule has 2 N–H and O–H groups in total. The second-order valence-corrected chi connectivity index (χ2v) is 5.64. The Kier molecular flexibility index (Phi) is 4.14. The number of aromatic hydroxyl groups is 1. The highest BCUT2D eigenvalue weighted by Gasteiger charge is 2.12. The molecule has 1 amide bonds. The summed E-state index contributed by atoms with van der Waals surface area (Å²) in [6.45, 7) is 0.211. The minimum atomic E-state index is -0.399. The Morgan fingerprint density at radius 2 is 2.05 bits per heavy atom. The topological polar surface area (TPSA) is 80.2 Å². The van der Waals surface area contributed by atoms with Crippen LogP contribution in [0.1, 0.15) is 15.9 Å². The Hall–Kier alpha value is -2.29. The zero-order valence-electron chi connectivity index (χ0n) is 11.2. The van der Waals surface area contributed by atoms with Crippen molar-refractivity contribution in [1.82, 2.24) is 5.43 Å². The molecular weight excluding hydrogens is 399 g/mol. The number of nitrogens with zero attached hydrogens (tertiary/aromatic N) is 1. The van der Waals surface area contributed by atoms with Gasteiger partial charge in [0.25, 0.3) is 5.91 Å². The average Bonchev–Trinajstić information content (AvgIpc) is 2.97. The first-order valence-electron chi connectivity index (χ1n) is 6.35. The van der Waals surface area contributed by atoms with Crippen LogP contribution < -0.4 is 14.9 Å². The summed E-state index contributed by atoms with van der Waals surface area (Å²) in [5.74, 6) is 1.00. The van der Waals surface area contributed by atoms with Crippen LogP contribution in [0.25, 0.3) is 0 Å². The van der Waals surface area contributed by atoms with Crippen molar-refractivity contribution in [2.24, 2.45) is 5.10 Å². The normalized spacial score (nSPS) is 12.6. The summed E-state index contributed by atoms with van der Waals surface area (Å²) in [5, 5.41) is 13.5. The first-order valence-corrected chi connectivity index (χ1v) is 7.43. The van der Waals surface area contributed by atoms with E-state index in [4.69, 9.17) is 9.47 Å². The fourth-order valence-corrected chi connectivity index (χ4v) is 2.21. The highest BCUT2D eigenvalue weighted by molar-refractivity contribution is 14.1. The van der Waals surface area contributed by atoms with Crippen molar-refractivity contribution in [2.45, 2.75) is 0 Å². The fourth-order valence-electron chi connectivity index (χ4n) is 1.88. The second-order valence-electron chi connectivity index (χ2n) is 4.48. The average molecular weight is 410 g/mol. The maximum atomic E-state index is 11.9. The Labute approximate surface area is 139 Å². The van der Waals surface area contributed by atoms with Crippen molar-refractivity contribution in [3.8, 4) is 17.2 Å². The fraction of sp³-hybridized carbons (Fsp3) is 0.0667. The molecule has 0 atom stereocenters. The molecule has 0 radical (unpaired) electrons. The summed E-state index contributed by atoms with van der Waals surface area (Å²) >= 11 is 1.98. The third-order valence-corrected chi connectivity index (χ3v) is 3.90. The van der Waals surface area contributed by atoms with Crippen molar-refractivity contribution in [3.05, 3.63) is 51.1 Å². The monoisotopic (exact) mass is 410 g/mol. The first-order chi connectivity index (χ1) is 10.6. The standard InChI is InChI=1S/C15H11IN2O4/c16-11-3-2-10(6-12(11)19)15(20)18-17-7-9-1-4-13-14(5-9)22-8-21-13/h1-7,19H,8H2,(H,18,20). The van der Waals surface area contributed by atoms with Crippen LogP contribution in [0.15, 0.2) is 41.5 Å². The Morgan fingerprint density at radius 3 is 2.86 bits per heavy atom. The van der Waals surface area contributed by atoms with E-state index in [-0.39, 0.29) is 12.5 Å². The van der Waals surface area contributed by atoms with E-state index in [1.807, 2.05) is 22.6 Å². The Bertz CT molecular complexity index is 761. The molecule has 0 unspecified atom stereocenters. The first kappa shape index (κ1) is 14.6. The quantitative estimate of drug-likeness (QED) is 0.463. The molecule has 0 saturated carbocycles. The number of amides is 1. The number of carbonyl (C=O) groups is 1.